The van der Waals surface area contributed by atoms with Crippen LogP contribution in [0.2, 0.25) is 0 Å². The van der Waals surface area contributed by atoms with E-state index in [1.165, 1.54) is 13.4 Å². The van der Waals surface area contributed by atoms with Crippen molar-refractivity contribution in [3.8, 4) is 0 Å². The van der Waals surface area contributed by atoms with Gasteiger partial charge in [0, 0.05) is 0 Å². The summed E-state index contributed by atoms with van der Waals surface area (Å²) >= 11 is 0. The summed E-state index contributed by atoms with van der Waals surface area (Å²) in [7, 11) is 1.50. The van der Waals surface area contributed by atoms with Gasteiger partial charge in [-0.05, 0) is 0 Å². The second-order valence-electron chi connectivity index (χ2n) is 2.14. The molecule has 0 unspecified atom stereocenters. The second kappa shape index (κ2) is 2.49. The topological polar surface area (TPSA) is 84.7 Å². The van der Waals surface area contributed by atoms with Crippen LogP contribution in [0.5, 0.6) is 0 Å². The molecule has 2 heterocycles. The highest BCUT2D eigenvalue weighted by Gasteiger charge is 2.25. The number of rotatable bonds is 0. The third kappa shape index (κ3) is 0.928. The van der Waals surface area contributed by atoms with Gasteiger partial charge in [-0.1, -0.05) is 0 Å². The minimum Gasteiger partial charge on any atom is -0.480 e. The molecule has 0 atom stereocenters. The van der Waals surface area contributed by atoms with E-state index in [4.69, 9.17) is 10.5 Å². The summed E-state index contributed by atoms with van der Waals surface area (Å²) in [4.78, 5) is 15.5. The van der Waals surface area contributed by atoms with E-state index in [1.54, 1.807) is 0 Å². The molecule has 2 aliphatic rings. The summed E-state index contributed by atoms with van der Waals surface area (Å²) in [5.74, 6) is 0.814. The number of fused-ring (bicyclic) bond motifs is 1. The number of aliphatic imine (C=N–C) groups is 4. The van der Waals surface area contributed by atoms with E-state index in [9.17, 15) is 0 Å². The standard InChI is InChI=1S/C6H6N5O/c1-12-5-3-4(9-2-8-3)10-6(7)11-5/h2H,7H2,1H3. The van der Waals surface area contributed by atoms with Gasteiger partial charge in [0.2, 0.25) is 5.90 Å². The Morgan fingerprint density at radius 1 is 1.42 bits per heavy atom. The maximum absolute atomic E-state index is 5.39. The van der Waals surface area contributed by atoms with Crippen molar-refractivity contribution in [3.63, 3.8) is 0 Å². The Bertz CT molecular complexity index is 327. The van der Waals surface area contributed by atoms with Crippen LogP contribution in [-0.2, 0) is 4.74 Å². The van der Waals surface area contributed by atoms with E-state index >= 15 is 0 Å². The lowest BCUT2D eigenvalue weighted by molar-refractivity contribution is 0.409. The van der Waals surface area contributed by atoms with Crippen molar-refractivity contribution in [2.75, 3.05) is 7.11 Å². The van der Waals surface area contributed by atoms with Gasteiger partial charge in [0.1, 0.15) is 6.34 Å². The molecule has 0 saturated carbocycles. The molecule has 1 radical (unpaired) electrons. The van der Waals surface area contributed by atoms with Crippen molar-refractivity contribution in [1.29, 1.82) is 0 Å². The van der Waals surface area contributed by atoms with E-state index in [-0.39, 0.29) is 6.29 Å². The zero-order chi connectivity index (χ0) is 8.55. The highest BCUT2D eigenvalue weighted by Crippen LogP contribution is 2.10. The third-order valence-corrected chi connectivity index (χ3v) is 1.41. The van der Waals surface area contributed by atoms with E-state index in [0.717, 1.165) is 0 Å². The number of nitrogens with zero attached hydrogens (tertiary/aromatic N) is 4. The van der Waals surface area contributed by atoms with Crippen LogP contribution in [0.15, 0.2) is 20.0 Å². The number of amidine groups is 1. The number of hydrogen-bond donors (Lipinski definition) is 1. The molecule has 6 heteroatoms. The largest absolute Gasteiger partial charge is 0.480 e. The lowest BCUT2D eigenvalue weighted by atomic mass is 10.3. The SMILES string of the molecule is COC1=N[C](N)N=C2N=CN=C21. The van der Waals surface area contributed by atoms with Crippen LogP contribution in [0.25, 0.3) is 0 Å². The summed E-state index contributed by atoms with van der Waals surface area (Å²) in [5, 5.41) is 0. The molecule has 2 aliphatic heterocycles. The number of ether oxygens (including phenoxy) is 1. The molecule has 0 aliphatic carbocycles. The molecular weight excluding hydrogens is 158 g/mol. The van der Waals surface area contributed by atoms with Gasteiger partial charge in [-0.15, -0.1) is 0 Å². The first-order valence-electron chi connectivity index (χ1n) is 3.26. The zero-order valence-electron chi connectivity index (χ0n) is 6.35. The molecule has 2 N–H and O–H groups in total. The fourth-order valence-electron chi connectivity index (χ4n) is 0.926. The first-order chi connectivity index (χ1) is 5.81. The highest BCUT2D eigenvalue weighted by molar-refractivity contribution is 6.69. The zero-order valence-corrected chi connectivity index (χ0v) is 6.35. The van der Waals surface area contributed by atoms with Crippen LogP contribution >= 0.6 is 0 Å². The summed E-state index contributed by atoms with van der Waals surface area (Å²) in [6.45, 7) is 0. The quantitative estimate of drug-likeness (QED) is 0.515. The minimum absolute atomic E-state index is 0.139. The van der Waals surface area contributed by atoms with Crippen molar-refractivity contribution in [2.45, 2.75) is 0 Å². The fraction of sp³-hybridized carbons (Fsp3) is 0.167. The molecule has 0 aromatic rings. The van der Waals surface area contributed by atoms with Crippen LogP contribution in [0.4, 0.5) is 0 Å². The molecular formula is C6H6N5O. The van der Waals surface area contributed by atoms with Gasteiger partial charge < -0.3 is 4.74 Å². The molecule has 0 fully saturated rings. The maximum Gasteiger partial charge on any atom is 0.268 e. The van der Waals surface area contributed by atoms with Gasteiger partial charge in [-0.25, -0.2) is 15.0 Å². The minimum atomic E-state index is 0.139. The lowest BCUT2D eigenvalue weighted by Gasteiger charge is -2.11. The van der Waals surface area contributed by atoms with Gasteiger partial charge in [0.25, 0.3) is 6.29 Å². The van der Waals surface area contributed by atoms with Crippen molar-refractivity contribution >= 4 is 23.8 Å². The van der Waals surface area contributed by atoms with Crippen LogP contribution in [0.3, 0.4) is 0 Å². The Hall–Kier alpha value is -1.56. The Morgan fingerprint density at radius 3 is 3.00 bits per heavy atom. The van der Waals surface area contributed by atoms with Gasteiger partial charge in [-0.3, -0.25) is 5.73 Å². The number of methoxy groups -OCH3 is 1. The molecule has 0 aromatic carbocycles. The first-order valence-corrected chi connectivity index (χ1v) is 3.26. The Kier molecular flexibility index (Phi) is 1.47. The predicted molar refractivity (Wildman–Crippen MR) is 45.2 cm³/mol. The molecule has 6 nitrogen and oxygen atoms in total. The van der Waals surface area contributed by atoms with Crippen LogP contribution < -0.4 is 5.73 Å². The van der Waals surface area contributed by atoms with Crippen molar-refractivity contribution < 1.29 is 4.74 Å². The number of nitrogens with two attached hydrogens (primary N) is 1. The normalized spacial score (nSPS) is 21.3. The lowest BCUT2D eigenvalue weighted by Crippen LogP contribution is -2.29. The van der Waals surface area contributed by atoms with Gasteiger partial charge in [-0.2, -0.15) is 4.99 Å². The molecule has 0 amide bonds. The van der Waals surface area contributed by atoms with Gasteiger partial charge >= 0.3 is 0 Å². The monoisotopic (exact) mass is 164 g/mol. The summed E-state index contributed by atoms with van der Waals surface area (Å²) < 4.78 is 4.93. The average molecular weight is 164 g/mol. The Labute approximate surface area is 68.6 Å². The van der Waals surface area contributed by atoms with Crippen molar-refractivity contribution in [2.24, 2.45) is 25.7 Å². The van der Waals surface area contributed by atoms with Crippen molar-refractivity contribution in [1.82, 2.24) is 0 Å². The van der Waals surface area contributed by atoms with Gasteiger partial charge in [0.05, 0.1) is 7.11 Å². The Morgan fingerprint density at radius 2 is 2.25 bits per heavy atom. The third-order valence-electron chi connectivity index (χ3n) is 1.41. The summed E-state index contributed by atoms with van der Waals surface area (Å²) in [6.07, 6.45) is 1.53. The van der Waals surface area contributed by atoms with E-state index < -0.39 is 0 Å². The van der Waals surface area contributed by atoms with Crippen LogP contribution in [0.1, 0.15) is 0 Å². The summed E-state index contributed by atoms with van der Waals surface area (Å²) in [5.41, 5.74) is 5.92. The van der Waals surface area contributed by atoms with Crippen LogP contribution in [0, 0.1) is 6.29 Å². The maximum atomic E-state index is 5.39. The smallest absolute Gasteiger partial charge is 0.268 e. The second-order valence-corrected chi connectivity index (χ2v) is 2.14. The van der Waals surface area contributed by atoms with Crippen LogP contribution in [-0.4, -0.2) is 30.9 Å². The molecule has 0 spiro atoms. The van der Waals surface area contributed by atoms with E-state index in [1.807, 2.05) is 0 Å². The molecule has 0 bridgehead atoms. The van der Waals surface area contributed by atoms with Crippen molar-refractivity contribution in [3.05, 3.63) is 6.29 Å². The molecule has 12 heavy (non-hydrogen) atoms. The first kappa shape index (κ1) is 7.11. The van der Waals surface area contributed by atoms with Gasteiger partial charge in [0.15, 0.2) is 11.5 Å². The highest BCUT2D eigenvalue weighted by atomic mass is 16.5. The Balaban J connectivity index is 2.40. The van der Waals surface area contributed by atoms with E-state index in [0.29, 0.717) is 17.4 Å². The molecule has 0 aromatic heterocycles. The molecule has 2 rings (SSSR count). The number of hydrogen-bond acceptors (Lipinski definition) is 6. The predicted octanol–water partition coefficient (Wildman–Crippen LogP) is -0.668. The fourth-order valence-corrected chi connectivity index (χ4v) is 0.926. The molecule has 0 saturated heterocycles. The molecule has 61 valence electrons. The average Bonchev–Trinajstić information content (AvgIpc) is 2.50. The summed E-state index contributed by atoms with van der Waals surface area (Å²) in [6, 6.07) is 0. The van der Waals surface area contributed by atoms with E-state index in [2.05, 4.69) is 20.0 Å².